The molecule has 0 saturated carbocycles. The normalized spacial score (nSPS) is 12.7. The Morgan fingerprint density at radius 3 is 2.15 bits per heavy atom. The van der Waals surface area contributed by atoms with Crippen molar-refractivity contribution in [2.75, 3.05) is 18.6 Å². The van der Waals surface area contributed by atoms with E-state index >= 15 is 0 Å². The molecule has 2 N–H and O–H groups in total. The summed E-state index contributed by atoms with van der Waals surface area (Å²) in [4.78, 5) is 42.4. The van der Waals surface area contributed by atoms with E-state index < -0.39 is 23.8 Å². The van der Waals surface area contributed by atoms with Gasteiger partial charge in [-0.25, -0.2) is 4.79 Å². The van der Waals surface area contributed by atoms with E-state index in [1.807, 2.05) is 66.9 Å². The van der Waals surface area contributed by atoms with Crippen LogP contribution in [0.5, 0.6) is 0 Å². The van der Waals surface area contributed by atoms with Crippen LogP contribution in [0.4, 0.5) is 4.79 Å². The van der Waals surface area contributed by atoms with Gasteiger partial charge in [0.2, 0.25) is 11.8 Å². The molecular formula is C32H47N3O4S. The van der Waals surface area contributed by atoms with Crippen LogP contribution in [0.25, 0.3) is 0 Å². The zero-order chi connectivity index (χ0) is 29.4. The summed E-state index contributed by atoms with van der Waals surface area (Å²) in [6.07, 6.45) is 6.80. The molecule has 0 aliphatic heterocycles. The molecule has 0 fully saturated rings. The fourth-order valence-electron chi connectivity index (χ4n) is 4.39. The highest BCUT2D eigenvalue weighted by Gasteiger charge is 2.35. The second kappa shape index (κ2) is 17.6. The molecule has 0 saturated heterocycles. The fourth-order valence-corrected chi connectivity index (χ4v) is 4.86. The first-order valence-corrected chi connectivity index (χ1v) is 15.7. The number of rotatable bonds is 16. The van der Waals surface area contributed by atoms with Crippen LogP contribution in [0.3, 0.4) is 0 Å². The Hall–Kier alpha value is -3.00. The van der Waals surface area contributed by atoms with Crippen LogP contribution in [0, 0.1) is 0 Å². The van der Waals surface area contributed by atoms with E-state index in [4.69, 9.17) is 4.74 Å². The van der Waals surface area contributed by atoms with Crippen LogP contribution in [-0.2, 0) is 20.9 Å². The van der Waals surface area contributed by atoms with Gasteiger partial charge in [-0.2, -0.15) is 11.8 Å². The Kier molecular flexibility index (Phi) is 14.6. The van der Waals surface area contributed by atoms with E-state index in [9.17, 15) is 14.4 Å². The Morgan fingerprint density at radius 2 is 1.55 bits per heavy atom. The third kappa shape index (κ3) is 12.0. The molecule has 40 heavy (non-hydrogen) atoms. The van der Waals surface area contributed by atoms with Crippen molar-refractivity contribution in [3.05, 3.63) is 71.8 Å². The van der Waals surface area contributed by atoms with E-state index in [0.29, 0.717) is 25.3 Å². The molecule has 2 unspecified atom stereocenters. The molecule has 2 atom stereocenters. The summed E-state index contributed by atoms with van der Waals surface area (Å²) in [5.41, 5.74) is 1.01. The minimum Gasteiger partial charge on any atom is -0.444 e. The van der Waals surface area contributed by atoms with E-state index in [1.165, 1.54) is 0 Å². The maximum absolute atomic E-state index is 14.2. The van der Waals surface area contributed by atoms with Gasteiger partial charge < -0.3 is 20.3 Å². The van der Waals surface area contributed by atoms with Crippen molar-refractivity contribution >= 4 is 29.7 Å². The third-order valence-corrected chi connectivity index (χ3v) is 7.01. The van der Waals surface area contributed by atoms with Crippen molar-refractivity contribution in [2.24, 2.45) is 0 Å². The molecule has 2 aromatic rings. The van der Waals surface area contributed by atoms with Crippen LogP contribution >= 0.6 is 11.8 Å². The molecule has 3 amide bonds. The first-order chi connectivity index (χ1) is 19.2. The van der Waals surface area contributed by atoms with Crippen LogP contribution in [0.15, 0.2) is 60.7 Å². The van der Waals surface area contributed by atoms with Gasteiger partial charge in [-0.15, -0.1) is 0 Å². The summed E-state index contributed by atoms with van der Waals surface area (Å²) < 4.78 is 5.48. The van der Waals surface area contributed by atoms with E-state index in [2.05, 4.69) is 17.6 Å². The molecule has 0 aromatic heterocycles. The summed E-state index contributed by atoms with van der Waals surface area (Å²) in [6, 6.07) is 17.5. The van der Waals surface area contributed by atoms with Crippen LogP contribution in [0.1, 0.15) is 83.4 Å². The van der Waals surface area contributed by atoms with Crippen LogP contribution < -0.4 is 10.6 Å². The van der Waals surface area contributed by atoms with Crippen molar-refractivity contribution < 1.29 is 19.1 Å². The Bertz CT molecular complexity index is 1030. The number of nitrogens with zero attached hydrogens (tertiary/aromatic N) is 1. The SMILES string of the molecule is CCCCCCCN(C(=O)C(CCSC)NC(=O)OC(C)(C)C)C(C(=O)NCc1ccccc1)c1ccccc1. The average Bonchev–Trinajstić information content (AvgIpc) is 2.93. The van der Waals surface area contributed by atoms with Crippen LogP contribution in [0.2, 0.25) is 0 Å². The predicted molar refractivity (Wildman–Crippen MR) is 164 cm³/mol. The number of amides is 3. The van der Waals surface area contributed by atoms with Gasteiger partial charge in [0.25, 0.3) is 0 Å². The molecule has 220 valence electrons. The van der Waals surface area contributed by atoms with E-state index in [1.54, 1.807) is 37.4 Å². The van der Waals surface area contributed by atoms with Crippen molar-refractivity contribution in [1.82, 2.24) is 15.5 Å². The van der Waals surface area contributed by atoms with Gasteiger partial charge in [-0.1, -0.05) is 93.3 Å². The Morgan fingerprint density at radius 1 is 0.925 bits per heavy atom. The number of ether oxygens (including phenoxy) is 1. The predicted octanol–water partition coefficient (Wildman–Crippen LogP) is 6.49. The number of nitrogens with one attached hydrogen (secondary N) is 2. The van der Waals surface area contributed by atoms with E-state index in [0.717, 1.165) is 43.2 Å². The number of benzene rings is 2. The van der Waals surface area contributed by atoms with Gasteiger partial charge in [0.05, 0.1) is 0 Å². The quantitative estimate of drug-likeness (QED) is 0.226. The Labute approximate surface area is 244 Å². The van der Waals surface area contributed by atoms with Crippen molar-refractivity contribution in [1.29, 1.82) is 0 Å². The number of carbonyl (C=O) groups is 3. The molecule has 8 heteroatoms. The molecule has 7 nitrogen and oxygen atoms in total. The van der Waals surface area contributed by atoms with Gasteiger partial charge in [0.1, 0.15) is 17.7 Å². The van der Waals surface area contributed by atoms with Crippen molar-refractivity contribution in [3.63, 3.8) is 0 Å². The van der Waals surface area contributed by atoms with Gasteiger partial charge in [-0.05, 0) is 56.7 Å². The maximum atomic E-state index is 14.2. The molecule has 0 aliphatic carbocycles. The standard InChI is InChI=1S/C32H47N3O4S/c1-6-7-8-9-16-22-35(30(37)27(21-23-40-5)34-31(38)39-32(2,3)4)28(26-19-14-11-15-20-26)29(36)33-24-25-17-12-10-13-18-25/h10-15,17-20,27-28H,6-9,16,21-24H2,1-5H3,(H,33,36)(H,34,38). The highest BCUT2D eigenvalue weighted by Crippen LogP contribution is 2.24. The molecule has 0 bridgehead atoms. The van der Waals surface area contributed by atoms with Crippen LogP contribution in [-0.4, -0.2) is 53.0 Å². The van der Waals surface area contributed by atoms with Crippen molar-refractivity contribution in [3.8, 4) is 0 Å². The molecule has 0 heterocycles. The molecule has 0 radical (unpaired) electrons. The zero-order valence-corrected chi connectivity index (χ0v) is 25.6. The number of thioether (sulfide) groups is 1. The minimum atomic E-state index is -0.833. The molecule has 0 spiro atoms. The van der Waals surface area contributed by atoms with Gasteiger partial charge in [-0.3, -0.25) is 9.59 Å². The largest absolute Gasteiger partial charge is 0.444 e. The fraction of sp³-hybridized carbons (Fsp3) is 0.531. The Balaban J connectivity index is 2.39. The highest BCUT2D eigenvalue weighted by atomic mass is 32.2. The number of unbranched alkanes of at least 4 members (excludes halogenated alkanes) is 4. The zero-order valence-electron chi connectivity index (χ0n) is 24.8. The lowest BCUT2D eigenvalue weighted by Crippen LogP contribution is -2.53. The lowest BCUT2D eigenvalue weighted by atomic mass is 10.0. The number of alkyl carbamates (subject to hydrolysis) is 1. The summed E-state index contributed by atoms with van der Waals surface area (Å²) in [5, 5.41) is 5.85. The molecule has 2 aromatic carbocycles. The van der Waals surface area contributed by atoms with Crippen molar-refractivity contribution in [2.45, 2.75) is 90.4 Å². The number of hydrogen-bond acceptors (Lipinski definition) is 5. The summed E-state index contributed by atoms with van der Waals surface area (Å²) >= 11 is 1.60. The van der Waals surface area contributed by atoms with E-state index in [-0.39, 0.29) is 11.8 Å². The number of carbonyl (C=O) groups excluding carboxylic acids is 3. The first kappa shape index (κ1) is 33.2. The smallest absolute Gasteiger partial charge is 0.408 e. The summed E-state index contributed by atoms with van der Waals surface area (Å²) in [5.74, 6) is 0.143. The topological polar surface area (TPSA) is 87.7 Å². The average molecular weight is 570 g/mol. The molecular weight excluding hydrogens is 522 g/mol. The molecule has 2 rings (SSSR count). The minimum absolute atomic E-state index is 0.252. The monoisotopic (exact) mass is 569 g/mol. The van der Waals surface area contributed by atoms with Gasteiger partial charge in [0, 0.05) is 13.1 Å². The van der Waals surface area contributed by atoms with Gasteiger partial charge >= 0.3 is 6.09 Å². The highest BCUT2D eigenvalue weighted by molar-refractivity contribution is 7.98. The molecule has 0 aliphatic rings. The lowest BCUT2D eigenvalue weighted by molar-refractivity contribution is -0.142. The first-order valence-electron chi connectivity index (χ1n) is 14.3. The number of hydrogen-bond donors (Lipinski definition) is 2. The second-order valence-corrected chi connectivity index (χ2v) is 11.9. The third-order valence-electron chi connectivity index (χ3n) is 6.37. The maximum Gasteiger partial charge on any atom is 0.408 e. The second-order valence-electron chi connectivity index (χ2n) is 10.9. The summed E-state index contributed by atoms with van der Waals surface area (Å²) in [6.45, 7) is 8.29. The summed E-state index contributed by atoms with van der Waals surface area (Å²) in [7, 11) is 0. The lowest BCUT2D eigenvalue weighted by Gasteiger charge is -2.34. The van der Waals surface area contributed by atoms with Gasteiger partial charge in [0.15, 0.2) is 0 Å².